The maximum atomic E-state index is 14.7. The predicted octanol–water partition coefficient (Wildman–Crippen LogP) is 6.31. The number of aromatic amines is 1. The van der Waals surface area contributed by atoms with E-state index in [1.54, 1.807) is 38.6 Å². The van der Waals surface area contributed by atoms with E-state index in [1.165, 1.54) is 25.5 Å². The monoisotopic (exact) mass is 472 g/mol. The van der Waals surface area contributed by atoms with Crippen LogP contribution in [0.2, 0.25) is 0 Å². The molecule has 2 N–H and O–H groups in total. The minimum atomic E-state index is -0.531. The molecule has 0 aliphatic rings. The molecule has 0 fully saturated rings. The van der Waals surface area contributed by atoms with Crippen LogP contribution in [-0.2, 0) is 0 Å². The molecule has 0 radical (unpaired) electrons. The summed E-state index contributed by atoms with van der Waals surface area (Å²) in [6.45, 7) is 0. The average Bonchev–Trinajstić information content (AvgIpc) is 3.31. The molecule has 6 nitrogen and oxygen atoms in total. The number of anilines is 1. The van der Waals surface area contributed by atoms with Gasteiger partial charge in [-0.25, -0.2) is 4.39 Å². The molecule has 0 aliphatic heterocycles. The summed E-state index contributed by atoms with van der Waals surface area (Å²) in [6, 6.07) is 16.1. The summed E-state index contributed by atoms with van der Waals surface area (Å²) in [5, 5.41) is 3.81. The van der Waals surface area contributed by atoms with E-state index in [9.17, 15) is 9.18 Å². The Morgan fingerprint density at radius 3 is 2.29 bits per heavy atom. The second-order valence-electron chi connectivity index (χ2n) is 7.65. The molecule has 0 spiro atoms. The Labute approximate surface area is 202 Å². The van der Waals surface area contributed by atoms with Gasteiger partial charge in [-0.2, -0.15) is 0 Å². The molecule has 35 heavy (non-hydrogen) atoms. The van der Waals surface area contributed by atoms with Gasteiger partial charge in [0.1, 0.15) is 11.5 Å². The summed E-state index contributed by atoms with van der Waals surface area (Å²) in [7, 11) is 4.55. The number of ether oxygens (including phenoxy) is 3. The van der Waals surface area contributed by atoms with E-state index in [4.69, 9.17) is 14.2 Å². The normalized spacial score (nSPS) is 11.3. The molecule has 4 rings (SSSR count). The Hall–Kier alpha value is -4.52. The maximum absolute atomic E-state index is 14.7. The van der Waals surface area contributed by atoms with Crippen LogP contribution in [0.25, 0.3) is 23.1 Å². The van der Waals surface area contributed by atoms with Gasteiger partial charge in [0, 0.05) is 41.0 Å². The summed E-state index contributed by atoms with van der Waals surface area (Å²) >= 11 is 0. The predicted molar refractivity (Wildman–Crippen MR) is 137 cm³/mol. The van der Waals surface area contributed by atoms with Crippen LogP contribution in [0.4, 0.5) is 10.1 Å². The van der Waals surface area contributed by atoms with Crippen molar-refractivity contribution >= 4 is 34.5 Å². The van der Waals surface area contributed by atoms with Crippen LogP contribution in [0.1, 0.15) is 21.5 Å². The largest absolute Gasteiger partial charge is 0.497 e. The third kappa shape index (κ3) is 5.35. The standard InChI is InChI=1S/C28H25FN2O4/c1-33-20-12-18(13-21(16-20)34-2)8-9-19-14-24(29)28(35-3)26(15-19)30-11-10-27(32)23-17-31-25-7-5-4-6-22(23)25/h4-17,30-31H,1-3H3/b9-8-,11-10-. The van der Waals surface area contributed by atoms with E-state index >= 15 is 0 Å². The van der Waals surface area contributed by atoms with Crippen LogP contribution in [0.3, 0.4) is 0 Å². The number of halogens is 1. The fraction of sp³-hybridized carbons (Fsp3) is 0.107. The van der Waals surface area contributed by atoms with E-state index < -0.39 is 5.82 Å². The smallest absolute Gasteiger partial charge is 0.189 e. The number of rotatable bonds is 9. The highest BCUT2D eigenvalue weighted by Gasteiger charge is 2.12. The van der Waals surface area contributed by atoms with Gasteiger partial charge in [-0.1, -0.05) is 30.4 Å². The molecule has 0 aliphatic carbocycles. The van der Waals surface area contributed by atoms with Crippen LogP contribution >= 0.6 is 0 Å². The molecule has 0 amide bonds. The number of hydrogen-bond donors (Lipinski definition) is 2. The van der Waals surface area contributed by atoms with Gasteiger partial charge in [0.05, 0.1) is 27.0 Å². The third-order valence-corrected chi connectivity index (χ3v) is 5.44. The van der Waals surface area contributed by atoms with Crippen LogP contribution in [0.15, 0.2) is 73.1 Å². The summed E-state index contributed by atoms with van der Waals surface area (Å²) in [4.78, 5) is 15.8. The van der Waals surface area contributed by atoms with Gasteiger partial charge in [-0.15, -0.1) is 0 Å². The van der Waals surface area contributed by atoms with E-state index in [-0.39, 0.29) is 11.5 Å². The Morgan fingerprint density at radius 2 is 1.60 bits per heavy atom. The van der Waals surface area contributed by atoms with Crippen molar-refractivity contribution in [3.63, 3.8) is 0 Å². The van der Waals surface area contributed by atoms with E-state index in [1.807, 2.05) is 42.5 Å². The SMILES string of the molecule is COc1cc(/C=C\c2cc(F)c(OC)c(N/C=C\C(=O)c3c[nH]c4ccccc34)c2)cc(OC)c1. The number of para-hydroxylation sites is 1. The molecule has 0 atom stereocenters. The number of nitrogens with one attached hydrogen (secondary N) is 2. The summed E-state index contributed by atoms with van der Waals surface area (Å²) in [6.07, 6.45) is 8.14. The first-order valence-electron chi connectivity index (χ1n) is 10.8. The molecule has 7 heteroatoms. The molecule has 0 unspecified atom stereocenters. The van der Waals surface area contributed by atoms with E-state index in [0.29, 0.717) is 28.3 Å². The van der Waals surface area contributed by atoms with Crippen molar-refractivity contribution in [3.05, 3.63) is 95.6 Å². The first-order valence-corrected chi connectivity index (χ1v) is 10.8. The minimum Gasteiger partial charge on any atom is -0.497 e. The number of fused-ring (bicyclic) bond motifs is 1. The molecule has 0 bridgehead atoms. The number of benzene rings is 3. The van der Waals surface area contributed by atoms with Crippen molar-refractivity contribution in [3.8, 4) is 17.2 Å². The number of carbonyl (C=O) groups excluding carboxylic acids is 1. The van der Waals surface area contributed by atoms with Crippen molar-refractivity contribution in [2.45, 2.75) is 0 Å². The Balaban J connectivity index is 1.56. The first kappa shape index (κ1) is 23.6. The highest BCUT2D eigenvalue weighted by molar-refractivity contribution is 6.13. The third-order valence-electron chi connectivity index (χ3n) is 5.44. The van der Waals surface area contributed by atoms with Gasteiger partial charge < -0.3 is 24.5 Å². The zero-order valence-corrected chi connectivity index (χ0v) is 19.6. The second kappa shape index (κ2) is 10.6. The molecular formula is C28H25FN2O4. The molecule has 0 saturated carbocycles. The molecule has 4 aromatic rings. The second-order valence-corrected chi connectivity index (χ2v) is 7.65. The summed E-state index contributed by atoms with van der Waals surface area (Å²) < 4.78 is 30.5. The number of methoxy groups -OCH3 is 3. The molecule has 3 aromatic carbocycles. The lowest BCUT2D eigenvalue weighted by molar-refractivity contribution is 0.104. The molecule has 1 heterocycles. The van der Waals surface area contributed by atoms with E-state index in [0.717, 1.165) is 16.5 Å². The van der Waals surface area contributed by atoms with Crippen molar-refractivity contribution in [1.29, 1.82) is 0 Å². The molecule has 1 aromatic heterocycles. The number of carbonyl (C=O) groups is 1. The molecular weight excluding hydrogens is 447 g/mol. The number of aromatic nitrogens is 1. The van der Waals surface area contributed by atoms with Gasteiger partial charge in [0.2, 0.25) is 0 Å². The van der Waals surface area contributed by atoms with Crippen molar-refractivity contribution in [2.24, 2.45) is 0 Å². The number of ketones is 1. The van der Waals surface area contributed by atoms with Crippen molar-refractivity contribution < 1.29 is 23.4 Å². The quantitative estimate of drug-likeness (QED) is 0.170. The minimum absolute atomic E-state index is 0.0504. The van der Waals surface area contributed by atoms with Gasteiger partial charge in [-0.05, 0) is 41.5 Å². The fourth-order valence-electron chi connectivity index (χ4n) is 3.72. The van der Waals surface area contributed by atoms with Gasteiger partial charge >= 0.3 is 0 Å². The van der Waals surface area contributed by atoms with E-state index in [2.05, 4.69) is 10.3 Å². The zero-order valence-electron chi connectivity index (χ0n) is 19.6. The number of hydrogen-bond acceptors (Lipinski definition) is 5. The van der Waals surface area contributed by atoms with Gasteiger partial charge in [0.15, 0.2) is 17.3 Å². The lowest BCUT2D eigenvalue weighted by Crippen LogP contribution is -1.99. The van der Waals surface area contributed by atoms with Gasteiger partial charge in [0.25, 0.3) is 0 Å². The highest BCUT2D eigenvalue weighted by Crippen LogP contribution is 2.31. The Morgan fingerprint density at radius 1 is 0.914 bits per heavy atom. The van der Waals surface area contributed by atoms with Crippen LogP contribution in [0, 0.1) is 5.82 Å². The molecule has 178 valence electrons. The first-order chi connectivity index (χ1) is 17.0. The van der Waals surface area contributed by atoms with Crippen LogP contribution in [-0.4, -0.2) is 32.1 Å². The van der Waals surface area contributed by atoms with Crippen molar-refractivity contribution in [1.82, 2.24) is 4.98 Å². The summed E-state index contributed by atoms with van der Waals surface area (Å²) in [5.41, 5.74) is 3.26. The highest BCUT2D eigenvalue weighted by atomic mass is 19.1. The lowest BCUT2D eigenvalue weighted by atomic mass is 10.1. The van der Waals surface area contributed by atoms with Gasteiger partial charge in [-0.3, -0.25) is 4.79 Å². The van der Waals surface area contributed by atoms with Crippen LogP contribution < -0.4 is 19.5 Å². The van der Waals surface area contributed by atoms with Crippen molar-refractivity contribution in [2.75, 3.05) is 26.6 Å². The lowest BCUT2D eigenvalue weighted by Gasteiger charge is -2.11. The Kier molecular flexibility index (Phi) is 7.16. The fourth-order valence-corrected chi connectivity index (χ4v) is 3.72. The maximum Gasteiger partial charge on any atom is 0.189 e. The Bertz CT molecular complexity index is 1400. The number of allylic oxidation sites excluding steroid dienone is 1. The molecule has 0 saturated heterocycles. The number of H-pyrrole nitrogens is 1. The topological polar surface area (TPSA) is 72.6 Å². The average molecular weight is 473 g/mol. The van der Waals surface area contributed by atoms with Crippen LogP contribution in [0.5, 0.6) is 17.2 Å². The summed E-state index contributed by atoms with van der Waals surface area (Å²) in [5.74, 6) is 0.637. The zero-order chi connectivity index (χ0) is 24.8.